The summed E-state index contributed by atoms with van der Waals surface area (Å²) < 4.78 is 47.3. The molecule has 6 nitrogen and oxygen atoms in total. The minimum absolute atomic E-state index is 0.0439. The molecular formula is C21H21FN2O4S2. The van der Waals surface area contributed by atoms with Gasteiger partial charge in [0.05, 0.1) is 11.5 Å². The third-order valence-electron chi connectivity index (χ3n) is 4.89. The fraction of sp³-hybridized carbons (Fsp3) is 0.286. The molecule has 0 radical (unpaired) electrons. The lowest BCUT2D eigenvalue weighted by molar-refractivity contribution is 0.103. The number of carbonyl (C=O) groups excluding carboxylic acids is 1. The van der Waals surface area contributed by atoms with Crippen LogP contribution in [-0.4, -0.2) is 38.3 Å². The van der Waals surface area contributed by atoms with E-state index in [1.165, 1.54) is 33.8 Å². The van der Waals surface area contributed by atoms with Crippen molar-refractivity contribution >= 4 is 43.0 Å². The number of halogens is 1. The molecule has 0 bridgehead atoms. The number of hydrogen-bond donors (Lipinski definition) is 1. The Kier molecular flexibility index (Phi) is 5.77. The van der Waals surface area contributed by atoms with Gasteiger partial charge in [-0.1, -0.05) is 0 Å². The zero-order valence-corrected chi connectivity index (χ0v) is 18.0. The molecule has 1 N–H and O–H groups in total. The summed E-state index contributed by atoms with van der Waals surface area (Å²) in [5.74, 6) is -0.486. The molecule has 2 heterocycles. The topological polar surface area (TPSA) is 75.7 Å². The van der Waals surface area contributed by atoms with Gasteiger partial charge in [-0.05, 0) is 67.6 Å². The lowest BCUT2D eigenvalue weighted by Gasteiger charge is -2.19. The quantitative estimate of drug-likeness (QED) is 0.603. The number of nitrogens with zero attached hydrogens (tertiary/aromatic N) is 1. The minimum atomic E-state index is -3.72. The molecule has 0 saturated carbocycles. The zero-order chi connectivity index (χ0) is 21.3. The first kappa shape index (κ1) is 20.8. The molecule has 1 aliphatic rings. The Bertz CT molecular complexity index is 1200. The highest BCUT2D eigenvalue weighted by Crippen LogP contribution is 2.32. The summed E-state index contributed by atoms with van der Waals surface area (Å²) in [7, 11) is -3.72. The molecule has 0 unspecified atom stereocenters. The molecule has 1 aromatic heterocycles. The molecule has 1 saturated heterocycles. The van der Waals surface area contributed by atoms with E-state index in [4.69, 9.17) is 4.74 Å². The van der Waals surface area contributed by atoms with Gasteiger partial charge in [0.25, 0.3) is 5.91 Å². The summed E-state index contributed by atoms with van der Waals surface area (Å²) >= 11 is 1.24. The van der Waals surface area contributed by atoms with Crippen molar-refractivity contribution in [2.24, 2.45) is 0 Å². The monoisotopic (exact) mass is 448 g/mol. The summed E-state index contributed by atoms with van der Waals surface area (Å²) in [4.78, 5) is 13.2. The summed E-state index contributed by atoms with van der Waals surface area (Å²) in [6.45, 7) is 3.06. The SMILES string of the molecule is CCOc1ccc(NC(=O)c2cc3cc(F)ccc3s2)cc1S(=O)(=O)N1CCCC1. The Morgan fingerprint density at radius 1 is 1.17 bits per heavy atom. The molecule has 1 fully saturated rings. The predicted octanol–water partition coefficient (Wildman–Crippen LogP) is 4.48. The van der Waals surface area contributed by atoms with Gasteiger partial charge in [0.2, 0.25) is 10.0 Å². The van der Waals surface area contributed by atoms with Gasteiger partial charge in [-0.15, -0.1) is 11.3 Å². The van der Waals surface area contributed by atoms with Crippen LogP contribution in [0.25, 0.3) is 10.1 Å². The first-order valence-electron chi connectivity index (χ1n) is 9.66. The number of anilines is 1. The summed E-state index contributed by atoms with van der Waals surface area (Å²) in [5.41, 5.74) is 0.352. The van der Waals surface area contributed by atoms with Crippen molar-refractivity contribution in [1.29, 1.82) is 0 Å². The van der Waals surface area contributed by atoms with Crippen molar-refractivity contribution in [1.82, 2.24) is 4.31 Å². The Morgan fingerprint density at radius 2 is 1.93 bits per heavy atom. The van der Waals surface area contributed by atoms with Crippen LogP contribution in [-0.2, 0) is 10.0 Å². The molecule has 1 aliphatic heterocycles. The second-order valence-electron chi connectivity index (χ2n) is 6.95. The van der Waals surface area contributed by atoms with Gasteiger partial charge >= 0.3 is 0 Å². The van der Waals surface area contributed by atoms with E-state index in [-0.39, 0.29) is 22.4 Å². The lowest BCUT2D eigenvalue weighted by atomic mass is 10.2. The van der Waals surface area contributed by atoms with Gasteiger partial charge < -0.3 is 10.1 Å². The first-order chi connectivity index (χ1) is 14.4. The van der Waals surface area contributed by atoms with Crippen LogP contribution in [0.15, 0.2) is 47.4 Å². The maximum Gasteiger partial charge on any atom is 0.265 e. The number of rotatable bonds is 6. The molecule has 2 aromatic carbocycles. The first-order valence-corrected chi connectivity index (χ1v) is 11.9. The molecule has 0 atom stereocenters. The van der Waals surface area contributed by atoms with Crippen molar-refractivity contribution in [3.8, 4) is 5.75 Å². The highest BCUT2D eigenvalue weighted by atomic mass is 32.2. The van der Waals surface area contributed by atoms with Crippen molar-refractivity contribution in [2.45, 2.75) is 24.7 Å². The molecule has 1 amide bonds. The fourth-order valence-electron chi connectivity index (χ4n) is 3.45. The van der Waals surface area contributed by atoms with Crippen molar-refractivity contribution in [2.75, 3.05) is 25.0 Å². The standard InChI is InChI=1S/C21H21FN2O4S2/c1-2-28-17-7-6-16(13-20(17)30(26,27)24-9-3-4-10-24)23-21(25)19-12-14-11-15(22)5-8-18(14)29-19/h5-8,11-13H,2-4,9-10H2,1H3,(H,23,25). The number of ether oxygens (including phenoxy) is 1. The maximum absolute atomic E-state index is 13.4. The number of benzene rings is 2. The Balaban J connectivity index is 1.64. The number of hydrogen-bond acceptors (Lipinski definition) is 5. The van der Waals surface area contributed by atoms with Crippen molar-refractivity contribution in [3.63, 3.8) is 0 Å². The second-order valence-corrected chi connectivity index (χ2v) is 9.94. The Hall–Kier alpha value is -2.49. The molecule has 3 aromatic rings. The molecule has 158 valence electrons. The number of nitrogens with one attached hydrogen (secondary N) is 1. The molecule has 0 spiro atoms. The predicted molar refractivity (Wildman–Crippen MR) is 115 cm³/mol. The van der Waals surface area contributed by atoms with E-state index in [1.54, 1.807) is 31.2 Å². The van der Waals surface area contributed by atoms with E-state index in [0.29, 0.717) is 35.6 Å². The van der Waals surface area contributed by atoms with Crippen LogP contribution in [0.2, 0.25) is 0 Å². The zero-order valence-electron chi connectivity index (χ0n) is 16.4. The van der Waals surface area contributed by atoms with Crippen molar-refractivity contribution in [3.05, 3.63) is 53.2 Å². The van der Waals surface area contributed by atoms with Crippen LogP contribution in [0.5, 0.6) is 5.75 Å². The van der Waals surface area contributed by atoms with Crippen LogP contribution >= 0.6 is 11.3 Å². The van der Waals surface area contributed by atoms with Gasteiger partial charge in [0.1, 0.15) is 16.5 Å². The molecule has 4 rings (SSSR count). The van der Waals surface area contributed by atoms with Gasteiger partial charge in [0.15, 0.2) is 0 Å². The normalized spacial score (nSPS) is 14.9. The number of carbonyl (C=O) groups is 1. The Morgan fingerprint density at radius 3 is 2.67 bits per heavy atom. The van der Waals surface area contributed by atoms with Gasteiger partial charge in [-0.3, -0.25) is 4.79 Å². The van der Waals surface area contributed by atoms with E-state index < -0.39 is 10.0 Å². The molecule has 0 aliphatic carbocycles. The largest absolute Gasteiger partial charge is 0.492 e. The maximum atomic E-state index is 13.4. The van der Waals surface area contributed by atoms with Crippen LogP contribution in [0.3, 0.4) is 0 Å². The van der Waals surface area contributed by atoms with E-state index in [0.717, 1.165) is 17.5 Å². The highest BCUT2D eigenvalue weighted by Gasteiger charge is 2.30. The van der Waals surface area contributed by atoms with E-state index in [9.17, 15) is 17.6 Å². The average Bonchev–Trinajstić information content (AvgIpc) is 3.39. The average molecular weight is 449 g/mol. The second kappa shape index (κ2) is 8.33. The van der Waals surface area contributed by atoms with Gasteiger partial charge in [0, 0.05) is 23.5 Å². The van der Waals surface area contributed by atoms with Gasteiger partial charge in [-0.2, -0.15) is 4.31 Å². The number of thiophene rings is 1. The summed E-state index contributed by atoms with van der Waals surface area (Å²) in [5, 5.41) is 3.39. The van der Waals surface area contributed by atoms with Crippen LogP contribution in [0.1, 0.15) is 29.4 Å². The van der Waals surface area contributed by atoms with E-state index >= 15 is 0 Å². The smallest absolute Gasteiger partial charge is 0.265 e. The minimum Gasteiger partial charge on any atom is -0.492 e. The number of amides is 1. The third kappa shape index (κ3) is 4.05. The Labute approximate surface area is 178 Å². The van der Waals surface area contributed by atoms with E-state index in [1.807, 2.05) is 0 Å². The summed E-state index contributed by atoms with van der Waals surface area (Å²) in [6, 6.07) is 10.6. The third-order valence-corrected chi connectivity index (χ3v) is 7.92. The number of fused-ring (bicyclic) bond motifs is 1. The van der Waals surface area contributed by atoms with E-state index in [2.05, 4.69) is 5.32 Å². The van der Waals surface area contributed by atoms with Crippen molar-refractivity contribution < 1.29 is 22.3 Å². The molecule has 30 heavy (non-hydrogen) atoms. The lowest BCUT2D eigenvalue weighted by Crippen LogP contribution is -2.28. The fourth-order valence-corrected chi connectivity index (χ4v) is 6.06. The highest BCUT2D eigenvalue weighted by molar-refractivity contribution is 7.89. The van der Waals surface area contributed by atoms with Crippen LogP contribution < -0.4 is 10.1 Å². The number of sulfonamides is 1. The molecular weight excluding hydrogens is 427 g/mol. The molecule has 9 heteroatoms. The van der Waals surface area contributed by atoms with Crippen LogP contribution in [0, 0.1) is 5.82 Å². The van der Waals surface area contributed by atoms with Gasteiger partial charge in [-0.25, -0.2) is 12.8 Å². The summed E-state index contributed by atoms with van der Waals surface area (Å²) in [6.07, 6.45) is 1.65. The van der Waals surface area contributed by atoms with Crippen LogP contribution in [0.4, 0.5) is 10.1 Å².